The molecule has 3 fully saturated rings. The van der Waals surface area contributed by atoms with Crippen LogP contribution in [0.25, 0.3) is 22.3 Å². The summed E-state index contributed by atoms with van der Waals surface area (Å²) in [4.78, 5) is 140. The normalized spacial score (nSPS) is 24.5. The number of primary amides is 1. The zero-order chi connectivity index (χ0) is 64.6. The number of hydrogen-bond acceptors (Lipinski definition) is 28. The van der Waals surface area contributed by atoms with Gasteiger partial charge in [-0.05, 0) is 48.3 Å². The summed E-state index contributed by atoms with van der Waals surface area (Å²) >= 11 is 5.42. The molecule has 482 valence electrons. The first-order valence-corrected chi connectivity index (χ1v) is 31.2. The van der Waals surface area contributed by atoms with Gasteiger partial charge in [0.25, 0.3) is 11.8 Å². The Kier molecular flexibility index (Phi) is 21.2. The Hall–Kier alpha value is -8.55. The molecule has 8 amide bonds. The van der Waals surface area contributed by atoms with E-state index in [9.17, 15) is 52.9 Å². The van der Waals surface area contributed by atoms with Crippen LogP contribution in [0.5, 0.6) is 0 Å². The van der Waals surface area contributed by atoms with Gasteiger partial charge in [-0.3, -0.25) is 42.5 Å². The lowest BCUT2D eigenvalue weighted by Gasteiger charge is -2.26. The molecule has 1 aromatic carbocycles. The zero-order valence-electron chi connectivity index (χ0n) is 47.9. The van der Waals surface area contributed by atoms with Crippen molar-refractivity contribution in [3.8, 4) is 0 Å². The molecule has 5 aromatic rings. The lowest BCUT2D eigenvalue weighted by molar-refractivity contribution is -0.137. The molecule has 0 aliphatic carbocycles. The fraction of sp³-hybridized carbons (Fsp3) is 0.480. The number of nitrogens with zero attached hydrogens (tertiary/aromatic N) is 10. The molecular weight excluding hydrogens is 1250 g/mol. The highest BCUT2D eigenvalue weighted by atomic mass is 32.5. The van der Waals surface area contributed by atoms with E-state index < -0.39 is 150 Å². The highest BCUT2D eigenvalue weighted by molar-refractivity contribution is 8.07. The molecule has 4 aliphatic rings. The van der Waals surface area contributed by atoms with Gasteiger partial charge in [0.2, 0.25) is 17.7 Å². The molecule has 9 rings (SSSR count). The number of likely N-dealkylation sites (N-methyl/N-ethyl adjacent to an activating group) is 1. The fourth-order valence-corrected chi connectivity index (χ4v) is 11.8. The van der Waals surface area contributed by atoms with Crippen LogP contribution in [-0.2, 0) is 88.7 Å². The Labute approximate surface area is 515 Å². The molecule has 40 heteroatoms. The number of aliphatic hydroxyl groups excluding tert-OH is 1. The number of nitrogen functional groups attached to an aromatic ring is 2. The molecule has 4 aromatic heterocycles. The van der Waals surface area contributed by atoms with Crippen LogP contribution >= 0.6 is 15.0 Å². The molecule has 0 saturated carbocycles. The monoisotopic (exact) mass is 1310 g/mol. The van der Waals surface area contributed by atoms with Gasteiger partial charge in [0.05, 0.1) is 25.8 Å². The van der Waals surface area contributed by atoms with Gasteiger partial charge in [0.1, 0.15) is 80.0 Å². The number of aromatic nitrogens is 8. The van der Waals surface area contributed by atoms with Crippen LogP contribution in [0.3, 0.4) is 0 Å². The van der Waals surface area contributed by atoms with Gasteiger partial charge in [0, 0.05) is 49.0 Å². The molecule has 3 saturated heterocycles. The number of urea groups is 1. The first kappa shape index (κ1) is 65.9. The molecule has 8 heterocycles. The van der Waals surface area contributed by atoms with Gasteiger partial charge in [-0.25, -0.2) is 44.3 Å². The van der Waals surface area contributed by atoms with Crippen LogP contribution in [0.15, 0.2) is 61.7 Å². The van der Waals surface area contributed by atoms with Crippen molar-refractivity contribution in [2.45, 2.75) is 101 Å². The van der Waals surface area contributed by atoms with E-state index in [1.807, 2.05) is 0 Å². The topological polar surface area (TPSA) is 497 Å². The predicted molar refractivity (Wildman–Crippen MR) is 309 cm³/mol. The van der Waals surface area contributed by atoms with E-state index in [2.05, 4.69) is 51.2 Å². The van der Waals surface area contributed by atoms with Crippen molar-refractivity contribution in [3.63, 3.8) is 0 Å². The third-order valence-corrected chi connectivity index (χ3v) is 16.6. The van der Waals surface area contributed by atoms with Gasteiger partial charge >= 0.3 is 33.3 Å². The Bertz CT molecular complexity index is 3600. The molecule has 90 heavy (non-hydrogen) atoms. The van der Waals surface area contributed by atoms with Crippen molar-refractivity contribution in [3.05, 3.63) is 67.3 Å². The lowest BCUT2D eigenvalue weighted by Crippen LogP contribution is -2.54. The summed E-state index contributed by atoms with van der Waals surface area (Å²) < 4.78 is 68.6. The van der Waals surface area contributed by atoms with Gasteiger partial charge in [-0.2, -0.15) is 0 Å². The molecule has 0 radical (unpaired) electrons. The number of hydrogen-bond donors (Lipinski definition) is 9. The number of imidazole rings is 2. The number of carbonyl (C=O) groups excluding carboxylic acids is 8. The number of imide groups is 1. The second-order valence-electron chi connectivity index (χ2n) is 20.7. The molecule has 4 aliphatic heterocycles. The molecule has 12 N–H and O–H groups in total. The first-order valence-electron chi connectivity index (χ1n) is 27.5. The van der Waals surface area contributed by atoms with Crippen molar-refractivity contribution in [2.24, 2.45) is 11.7 Å². The maximum atomic E-state index is 13.7. The minimum Gasteiger partial charge on any atom is -0.445 e. The highest BCUT2D eigenvalue weighted by Crippen LogP contribution is 2.52. The van der Waals surface area contributed by atoms with E-state index in [0.29, 0.717) is 5.56 Å². The summed E-state index contributed by atoms with van der Waals surface area (Å²) in [6, 6.07) is 3.05. The number of ether oxygens (including phenoxy) is 5. The number of fused-ring (bicyclic) bond motifs is 5. The van der Waals surface area contributed by atoms with Crippen molar-refractivity contribution >= 4 is 114 Å². The summed E-state index contributed by atoms with van der Waals surface area (Å²) in [5, 5.41) is 21.9. The molecule has 12 atom stereocenters. The number of benzene rings is 1. The fourth-order valence-electron chi connectivity index (χ4n) is 9.61. The molecule has 2 bridgehead atoms. The van der Waals surface area contributed by atoms with E-state index in [-0.39, 0.29) is 85.2 Å². The van der Waals surface area contributed by atoms with Crippen LogP contribution in [0.4, 0.5) is 31.7 Å². The van der Waals surface area contributed by atoms with Crippen molar-refractivity contribution in [2.75, 3.05) is 63.3 Å². The van der Waals surface area contributed by atoms with E-state index in [1.165, 1.54) is 47.3 Å². The summed E-state index contributed by atoms with van der Waals surface area (Å²) in [5.74, 6) is -3.53. The highest BCUT2D eigenvalue weighted by Gasteiger charge is 2.57. The largest absolute Gasteiger partial charge is 0.698 e. The smallest absolute Gasteiger partial charge is 0.445 e. The lowest BCUT2D eigenvalue weighted by atomic mass is 10.0. The molecule has 0 spiro atoms. The van der Waals surface area contributed by atoms with Crippen molar-refractivity contribution < 1.29 is 94.7 Å². The van der Waals surface area contributed by atoms with E-state index in [0.717, 1.165) is 28.3 Å². The van der Waals surface area contributed by atoms with E-state index in [4.69, 9.17) is 70.8 Å². The minimum atomic E-state index is -4.40. The maximum absolute atomic E-state index is 13.7. The SMILES string of the molecule is CC(C)C(NC(=O)CCN1C(=O)C=CC1=O)C(=O)NC(CCCNC(N)=O)C(=O)Nc1ccc(COC(=O)N(C)CCOC(=O)OC2C3O[P+](=O)OCC4OC(n5cnc6c(N)ncnc65)C(OP(O)(=S)OCC3OC2n2cnc3c(N)ncnc32)C4O)cc1. The first-order chi connectivity index (χ1) is 42.9. The maximum Gasteiger partial charge on any atom is 0.698 e. The third kappa shape index (κ3) is 15.9. The second kappa shape index (κ2) is 28.9. The zero-order valence-corrected chi connectivity index (χ0v) is 50.6. The Morgan fingerprint density at radius 3 is 2.16 bits per heavy atom. The average molecular weight is 1320 g/mol. The van der Waals surface area contributed by atoms with Gasteiger partial charge in [-0.15, -0.1) is 9.05 Å². The Morgan fingerprint density at radius 1 is 0.867 bits per heavy atom. The Balaban J connectivity index is 0.791. The summed E-state index contributed by atoms with van der Waals surface area (Å²) in [5.41, 5.74) is 18.6. The molecule has 12 unspecified atom stereocenters. The number of aliphatic hydroxyl groups is 1. The Morgan fingerprint density at radius 2 is 1.51 bits per heavy atom. The summed E-state index contributed by atoms with van der Waals surface area (Å²) in [7, 11) is -1.83. The summed E-state index contributed by atoms with van der Waals surface area (Å²) in [6.07, 6.45) is -6.81. The number of nitrogens with two attached hydrogens (primary N) is 3. The van der Waals surface area contributed by atoms with Gasteiger partial charge in [0.15, 0.2) is 47.6 Å². The number of carbonyl (C=O) groups is 8. The number of amides is 8. The van der Waals surface area contributed by atoms with Crippen LogP contribution in [0.1, 0.15) is 51.1 Å². The van der Waals surface area contributed by atoms with Crippen LogP contribution in [0, 0.1) is 5.92 Å². The quantitative estimate of drug-likeness (QED) is 0.0199. The van der Waals surface area contributed by atoms with Crippen molar-refractivity contribution in [1.29, 1.82) is 0 Å². The van der Waals surface area contributed by atoms with Crippen LogP contribution < -0.4 is 38.5 Å². The van der Waals surface area contributed by atoms with Crippen LogP contribution in [0.2, 0.25) is 0 Å². The number of rotatable bonds is 21. The minimum absolute atomic E-state index is 0.0148. The predicted octanol–water partition coefficient (Wildman–Crippen LogP) is -0.204. The van der Waals surface area contributed by atoms with Gasteiger partial charge in [-0.1, -0.05) is 26.0 Å². The molecular formula is C50H62N17O20P2S+. The van der Waals surface area contributed by atoms with E-state index >= 15 is 0 Å². The molecule has 37 nitrogen and oxygen atoms in total. The third-order valence-electron chi connectivity index (χ3n) is 14.2. The van der Waals surface area contributed by atoms with Crippen molar-refractivity contribution in [1.82, 2.24) is 64.8 Å². The number of anilines is 3. The summed E-state index contributed by atoms with van der Waals surface area (Å²) in [6.45, 7) is -3.42. The number of nitrogens with one attached hydrogen (secondary N) is 4. The second-order valence-corrected chi connectivity index (χ2v) is 24.5. The van der Waals surface area contributed by atoms with Crippen LogP contribution in [-0.4, -0.2) is 202 Å². The van der Waals surface area contributed by atoms with E-state index in [1.54, 1.807) is 26.0 Å². The standard InChI is InChI=1S/C50H61N17O20P2S/c1-24(2)33(63-30(68)12-14-65-31(69)10-11-32(65)70)45(73)62-27(5-4-13-54-48(53)74)44(72)61-26-8-6-25(7-9-26)17-80-49(75)64(3)15-16-79-50(76)85-39-37-29(84-47(39)67-23-60-35-41(52)56-21-58-43(35)67)19-82-89(78,90)87-38-36(71)28(18-81-88(77)86-37)83-46(38)66-22-59-34-40(51)55-20-57-42(34)66/h6-11,20-24,27-29,33,36-39,46-47,71H,4-5,12-19H2,1-3H3,(H10-,51,52,53,54,55,56,57,58,61,62,63,68,72,73,74,78,90)/p+1. The average Bonchev–Trinajstić information content (AvgIpc) is 1.69. The van der Waals surface area contributed by atoms with Gasteiger partial charge < -0.3 is 81.6 Å².